The smallest absolute Gasteiger partial charge is 0.311 e. The van der Waals surface area contributed by atoms with Crippen LogP contribution in [0.25, 0.3) is 0 Å². The van der Waals surface area contributed by atoms with Crippen molar-refractivity contribution in [3.05, 3.63) is 51.8 Å². The van der Waals surface area contributed by atoms with E-state index in [2.05, 4.69) is 20.1 Å². The number of cyclic esters (lactones) is 1. The van der Waals surface area contributed by atoms with Crippen molar-refractivity contribution in [1.29, 1.82) is 0 Å². The van der Waals surface area contributed by atoms with Gasteiger partial charge in [0, 0.05) is 88.3 Å². The van der Waals surface area contributed by atoms with E-state index in [1.165, 1.54) is 33.3 Å². The van der Waals surface area contributed by atoms with Crippen LogP contribution in [0, 0.1) is 33.8 Å². The molecular formula is C54H88N6O15. The number of likely N-dealkylation sites (N-methyl/N-ethyl adjacent to an activating group) is 1. The van der Waals surface area contributed by atoms with Crippen LogP contribution in [0.15, 0.2) is 30.5 Å². The summed E-state index contributed by atoms with van der Waals surface area (Å²) >= 11 is 0. The van der Waals surface area contributed by atoms with Gasteiger partial charge < -0.3 is 58.5 Å². The van der Waals surface area contributed by atoms with Crippen molar-refractivity contribution < 1.29 is 68.1 Å². The van der Waals surface area contributed by atoms with E-state index >= 15 is 0 Å². The molecule has 19 atom stereocenters. The number of hydrogen-bond acceptors (Lipinski definition) is 19. The van der Waals surface area contributed by atoms with Gasteiger partial charge in [-0.1, -0.05) is 45.0 Å². The van der Waals surface area contributed by atoms with Gasteiger partial charge in [-0.15, -0.1) is 5.10 Å². The Morgan fingerprint density at radius 3 is 2.27 bits per heavy atom. The minimum atomic E-state index is -1.99. The Kier molecular flexibility index (Phi) is 20.6. The Labute approximate surface area is 443 Å². The van der Waals surface area contributed by atoms with E-state index in [1.807, 2.05) is 57.8 Å². The van der Waals surface area contributed by atoms with Gasteiger partial charge in [-0.05, 0) is 92.8 Å². The summed E-state index contributed by atoms with van der Waals surface area (Å²) in [6, 6.07) is 6.49. The van der Waals surface area contributed by atoms with Gasteiger partial charge >= 0.3 is 5.97 Å². The number of nitro groups is 1. The number of hydrogen-bond donors (Lipinski definition) is 4. The first-order valence-corrected chi connectivity index (χ1v) is 27.0. The van der Waals surface area contributed by atoms with Crippen molar-refractivity contribution in [2.75, 3.05) is 41.0 Å². The molecule has 4 saturated heterocycles. The quantitative estimate of drug-likeness (QED) is 0.0980. The first kappa shape index (κ1) is 60.6. The molecule has 1 aromatic heterocycles. The Morgan fingerprint density at radius 1 is 0.947 bits per heavy atom. The summed E-state index contributed by atoms with van der Waals surface area (Å²) in [6.07, 6.45) is -4.09. The molecule has 6 rings (SSSR count). The highest BCUT2D eigenvalue weighted by Gasteiger charge is 2.53. The SMILES string of the molecule is CC[C@H]1OC(=O)[C@H](C)[C@@H](OC[C@H]2C[C@@](C)(OC)[C@@H](O)[C@H](C)O2)[C@H](C)[C@@H](O[C@@H]2O[C@H](C)C[C@H](N(C)CCc3cn(C[C@@H]4CCCN4Cc4ccc([N+](=O)[O-])cc4)nn3)[C@H]2O)[C@](C)(OC)C[C@@H](C)C(=O)[C@H](C)[C@@H](O)[C@]1(C)O. The number of likely N-dealkylation sites (tertiary alicyclic amines) is 1. The highest BCUT2D eigenvalue weighted by atomic mass is 16.7. The molecule has 75 heavy (non-hydrogen) atoms. The number of esters is 1. The van der Waals surface area contributed by atoms with E-state index in [1.54, 1.807) is 34.6 Å². The molecule has 21 nitrogen and oxygen atoms in total. The molecule has 5 heterocycles. The summed E-state index contributed by atoms with van der Waals surface area (Å²) in [6.45, 7) is 20.0. The first-order valence-electron chi connectivity index (χ1n) is 27.0. The molecule has 0 saturated carbocycles. The zero-order valence-corrected chi connectivity index (χ0v) is 46.6. The number of aromatic nitrogens is 3. The maximum Gasteiger partial charge on any atom is 0.311 e. The number of aliphatic hydroxyl groups is 4. The molecule has 0 unspecified atom stereocenters. The van der Waals surface area contributed by atoms with E-state index in [0.717, 1.165) is 30.6 Å². The molecule has 4 aliphatic rings. The summed E-state index contributed by atoms with van der Waals surface area (Å²) in [5.74, 6) is -4.60. The molecule has 2 aromatic rings. The fraction of sp³-hybridized carbons (Fsp3) is 0.815. The van der Waals surface area contributed by atoms with Gasteiger partial charge in [0.1, 0.15) is 29.7 Å². The fourth-order valence-electron chi connectivity index (χ4n) is 12.3. The minimum Gasteiger partial charge on any atom is -0.459 e. The van der Waals surface area contributed by atoms with E-state index in [9.17, 15) is 40.1 Å². The number of carbonyl (C=O) groups excluding carboxylic acids is 2. The minimum absolute atomic E-state index is 0.0252. The molecule has 0 spiro atoms. The Hall–Kier alpha value is -3.58. The molecule has 4 N–H and O–H groups in total. The van der Waals surface area contributed by atoms with Crippen LogP contribution in [0.4, 0.5) is 5.69 Å². The van der Waals surface area contributed by atoms with Crippen molar-refractivity contribution in [2.45, 2.75) is 217 Å². The van der Waals surface area contributed by atoms with Gasteiger partial charge in [0.25, 0.3) is 5.69 Å². The number of ether oxygens (including phenoxy) is 7. The third-order valence-electron chi connectivity index (χ3n) is 17.2. The van der Waals surface area contributed by atoms with Crippen LogP contribution in [0.2, 0.25) is 0 Å². The normalized spacial score (nSPS) is 39.9. The van der Waals surface area contributed by atoms with Gasteiger partial charge in [0.15, 0.2) is 6.29 Å². The summed E-state index contributed by atoms with van der Waals surface area (Å²) in [5, 5.41) is 66.9. The number of nitrogens with zero attached hydrogens (tertiary/aromatic N) is 6. The van der Waals surface area contributed by atoms with Crippen LogP contribution in [-0.2, 0) is 62.3 Å². The number of carbonyl (C=O) groups is 2. The van der Waals surface area contributed by atoms with Gasteiger partial charge in [-0.25, -0.2) is 0 Å². The molecule has 0 radical (unpaired) electrons. The van der Waals surface area contributed by atoms with Crippen LogP contribution in [0.1, 0.15) is 119 Å². The van der Waals surface area contributed by atoms with Crippen molar-refractivity contribution in [3.8, 4) is 0 Å². The van der Waals surface area contributed by atoms with E-state index in [0.29, 0.717) is 32.5 Å². The lowest BCUT2D eigenvalue weighted by molar-refractivity contribution is -0.384. The number of rotatable bonds is 17. The maximum atomic E-state index is 14.5. The zero-order chi connectivity index (χ0) is 55.3. The Bertz CT molecular complexity index is 2190. The largest absolute Gasteiger partial charge is 0.459 e. The lowest BCUT2D eigenvalue weighted by atomic mass is 9.74. The second kappa shape index (κ2) is 25.5. The molecule has 0 bridgehead atoms. The molecule has 424 valence electrons. The average molecular weight is 1060 g/mol. The molecule has 4 aliphatic heterocycles. The lowest BCUT2D eigenvalue weighted by Crippen LogP contribution is -2.61. The van der Waals surface area contributed by atoms with Gasteiger partial charge in [-0.2, -0.15) is 0 Å². The van der Waals surface area contributed by atoms with Crippen molar-refractivity contribution in [3.63, 3.8) is 0 Å². The van der Waals surface area contributed by atoms with Crippen LogP contribution >= 0.6 is 0 Å². The van der Waals surface area contributed by atoms with E-state index in [4.69, 9.17) is 33.2 Å². The lowest BCUT2D eigenvalue weighted by Gasteiger charge is -2.49. The predicted octanol–water partition coefficient (Wildman–Crippen LogP) is 4.26. The monoisotopic (exact) mass is 1060 g/mol. The molecule has 1 aromatic carbocycles. The van der Waals surface area contributed by atoms with Crippen molar-refractivity contribution in [1.82, 2.24) is 24.8 Å². The first-order chi connectivity index (χ1) is 35.3. The number of aliphatic hydroxyl groups excluding tert-OH is 3. The van der Waals surface area contributed by atoms with Gasteiger partial charge in [0.05, 0.1) is 77.5 Å². The molecule has 21 heteroatoms. The number of Topliss-reactive ketones (excluding diaryl/α,β-unsaturated/α-hetero) is 1. The summed E-state index contributed by atoms with van der Waals surface area (Å²) in [7, 11) is 4.99. The number of ketones is 1. The van der Waals surface area contributed by atoms with Crippen LogP contribution in [0.5, 0.6) is 0 Å². The van der Waals surface area contributed by atoms with E-state index in [-0.39, 0.29) is 49.5 Å². The van der Waals surface area contributed by atoms with Crippen LogP contribution in [-0.4, -0.2) is 193 Å². The number of benzene rings is 1. The fourth-order valence-corrected chi connectivity index (χ4v) is 12.3. The highest BCUT2D eigenvalue weighted by molar-refractivity contribution is 5.83. The summed E-state index contributed by atoms with van der Waals surface area (Å²) in [5.41, 5.74) is -2.38. The average Bonchev–Trinajstić information content (AvgIpc) is 4.03. The highest BCUT2D eigenvalue weighted by Crippen LogP contribution is 2.41. The molecule has 0 aliphatic carbocycles. The molecular weight excluding hydrogens is 973 g/mol. The van der Waals surface area contributed by atoms with Crippen molar-refractivity contribution in [2.24, 2.45) is 23.7 Å². The van der Waals surface area contributed by atoms with Gasteiger partial charge in [-0.3, -0.25) is 29.3 Å². The second-order valence-corrected chi connectivity index (χ2v) is 22.9. The maximum absolute atomic E-state index is 14.5. The number of non-ortho nitro benzene ring substituents is 1. The zero-order valence-electron chi connectivity index (χ0n) is 46.6. The molecule has 0 amide bonds. The Morgan fingerprint density at radius 2 is 1.63 bits per heavy atom. The van der Waals surface area contributed by atoms with Crippen LogP contribution < -0.4 is 0 Å². The second-order valence-electron chi connectivity index (χ2n) is 22.9. The summed E-state index contributed by atoms with van der Waals surface area (Å²) < 4.78 is 46.7. The third kappa shape index (κ3) is 14.0. The van der Waals surface area contributed by atoms with Crippen LogP contribution in [0.3, 0.4) is 0 Å². The van der Waals surface area contributed by atoms with Gasteiger partial charge in [0.2, 0.25) is 0 Å². The predicted molar refractivity (Wildman–Crippen MR) is 275 cm³/mol. The third-order valence-corrected chi connectivity index (χ3v) is 17.2. The number of methoxy groups -OCH3 is 2. The number of nitro benzene ring substituents is 1. The summed E-state index contributed by atoms with van der Waals surface area (Å²) in [4.78, 5) is 44.0. The van der Waals surface area contributed by atoms with Crippen molar-refractivity contribution >= 4 is 17.4 Å². The molecule has 4 fully saturated rings. The standard InChI is InChI=1S/C54H88N6O15/c1-14-43-54(10,66)47(63)33(4)44(61)31(2)25-53(9,70-13)49(34(5)46(35(6)50(65)74-43)71-30-41-26-52(8,69-12)48(64)36(7)73-41)75-51-45(62)42(24-32(3)72-51)57(11)23-21-38-28-59(56-55-38)29-40-16-15-22-58(40)27-37-17-19-39(20-18-37)60(67)68/h17-20,28,31-36,40-43,45-49,51,62-64,66H,14-16,21-27,29-30H2,1-13H3/t31-,32-,33+,34+,35-,36+,40+,41-,42+,43-,45-,46+,47-,48+,49-,51+,52-,53-,54-/m1/s1. The van der Waals surface area contributed by atoms with E-state index < -0.39 is 113 Å². The Balaban J connectivity index is 1.23. The topological polar surface area (TPSA) is 260 Å².